The van der Waals surface area contributed by atoms with Gasteiger partial charge >= 0.3 is 0 Å². The Kier molecular flexibility index (Phi) is 4.15. The Labute approximate surface area is 104 Å². The van der Waals surface area contributed by atoms with Crippen molar-refractivity contribution in [3.63, 3.8) is 0 Å². The number of hydrogen-bond donors (Lipinski definition) is 3. The molecule has 0 radical (unpaired) electrons. The molecule has 0 aliphatic rings. The van der Waals surface area contributed by atoms with Crippen molar-refractivity contribution in [1.29, 1.82) is 0 Å². The predicted molar refractivity (Wildman–Crippen MR) is 61.1 cm³/mol. The molecular weight excluding hydrogens is 270 g/mol. The molecule has 1 rings (SSSR count). The minimum atomic E-state index is -3.87. The fourth-order valence-electron chi connectivity index (χ4n) is 1.08. The average Bonchev–Trinajstić information content (AvgIpc) is 2.57. The van der Waals surface area contributed by atoms with Crippen molar-refractivity contribution in [2.24, 2.45) is 7.05 Å². The SMILES string of the molecule is Cn1ncc(Cl)c1S(=O)(=O)NCC(C)(O)CO. The monoisotopic (exact) mass is 283 g/mol. The molecule has 9 heteroatoms. The van der Waals surface area contributed by atoms with E-state index in [1.807, 2.05) is 0 Å². The Morgan fingerprint density at radius 3 is 2.65 bits per heavy atom. The lowest BCUT2D eigenvalue weighted by Crippen LogP contribution is -2.43. The lowest BCUT2D eigenvalue weighted by atomic mass is 10.1. The third kappa shape index (κ3) is 3.39. The Morgan fingerprint density at radius 1 is 1.65 bits per heavy atom. The summed E-state index contributed by atoms with van der Waals surface area (Å²) in [4.78, 5) is 0. The van der Waals surface area contributed by atoms with Crippen LogP contribution in [0.2, 0.25) is 5.02 Å². The quantitative estimate of drug-likeness (QED) is 0.649. The van der Waals surface area contributed by atoms with Gasteiger partial charge in [-0.1, -0.05) is 11.6 Å². The second-order valence-electron chi connectivity index (χ2n) is 3.90. The fraction of sp³-hybridized carbons (Fsp3) is 0.625. The molecule has 1 aromatic rings. The highest BCUT2D eigenvalue weighted by atomic mass is 35.5. The van der Waals surface area contributed by atoms with E-state index >= 15 is 0 Å². The zero-order valence-electron chi connectivity index (χ0n) is 9.38. The highest BCUT2D eigenvalue weighted by molar-refractivity contribution is 7.89. The summed E-state index contributed by atoms with van der Waals surface area (Å²) in [5, 5.41) is 21.8. The van der Waals surface area contributed by atoms with Gasteiger partial charge in [0.25, 0.3) is 10.0 Å². The molecule has 1 atom stereocenters. The first kappa shape index (κ1) is 14.4. The number of aliphatic hydroxyl groups is 2. The Hall–Kier alpha value is -0.670. The molecular formula is C8H14ClN3O4S. The van der Waals surface area contributed by atoms with Crippen LogP contribution in [0.25, 0.3) is 0 Å². The van der Waals surface area contributed by atoms with Crippen LogP contribution in [-0.2, 0) is 17.1 Å². The summed E-state index contributed by atoms with van der Waals surface area (Å²) in [5.41, 5.74) is -1.53. The van der Waals surface area contributed by atoms with E-state index in [1.165, 1.54) is 20.2 Å². The molecule has 1 unspecified atom stereocenters. The number of hydrogen-bond acceptors (Lipinski definition) is 5. The number of halogens is 1. The van der Waals surface area contributed by atoms with Gasteiger partial charge in [-0.15, -0.1) is 0 Å². The van der Waals surface area contributed by atoms with E-state index in [-0.39, 0.29) is 16.6 Å². The summed E-state index contributed by atoms with van der Waals surface area (Å²) >= 11 is 5.70. The van der Waals surface area contributed by atoms with Crippen LogP contribution in [0.1, 0.15) is 6.92 Å². The Balaban J connectivity index is 2.91. The Bertz CT molecular complexity index is 477. The average molecular weight is 284 g/mol. The molecule has 0 saturated carbocycles. The smallest absolute Gasteiger partial charge is 0.259 e. The largest absolute Gasteiger partial charge is 0.393 e. The molecule has 1 aromatic heterocycles. The van der Waals surface area contributed by atoms with Gasteiger partial charge in [-0.2, -0.15) is 5.10 Å². The van der Waals surface area contributed by atoms with Gasteiger partial charge in [-0.25, -0.2) is 13.1 Å². The summed E-state index contributed by atoms with van der Waals surface area (Å²) in [6.45, 7) is 0.419. The summed E-state index contributed by atoms with van der Waals surface area (Å²) in [6, 6.07) is 0. The first-order chi connectivity index (χ1) is 7.69. The molecule has 0 bridgehead atoms. The van der Waals surface area contributed by atoms with Crippen LogP contribution in [0.3, 0.4) is 0 Å². The molecule has 98 valence electrons. The van der Waals surface area contributed by atoms with Crippen molar-refractivity contribution < 1.29 is 18.6 Å². The van der Waals surface area contributed by atoms with Crippen LogP contribution in [0.4, 0.5) is 0 Å². The maximum absolute atomic E-state index is 11.8. The van der Waals surface area contributed by atoms with Crippen LogP contribution < -0.4 is 4.72 Å². The molecule has 0 spiro atoms. The number of nitrogens with one attached hydrogen (secondary N) is 1. The Morgan fingerprint density at radius 2 is 2.24 bits per heavy atom. The number of rotatable bonds is 5. The third-order valence-electron chi connectivity index (χ3n) is 2.08. The zero-order chi connectivity index (χ0) is 13.3. The van der Waals surface area contributed by atoms with E-state index in [9.17, 15) is 13.5 Å². The molecule has 3 N–H and O–H groups in total. The van der Waals surface area contributed by atoms with Crippen LogP contribution in [-0.4, -0.2) is 47.2 Å². The topological polar surface area (TPSA) is 104 Å². The highest BCUT2D eigenvalue weighted by Gasteiger charge is 2.27. The highest BCUT2D eigenvalue weighted by Crippen LogP contribution is 2.19. The molecule has 0 aliphatic heterocycles. The van der Waals surface area contributed by atoms with Gasteiger partial charge in [0.15, 0.2) is 5.03 Å². The predicted octanol–water partition coefficient (Wildman–Crippen LogP) is -0.905. The molecule has 0 fully saturated rings. The van der Waals surface area contributed by atoms with E-state index in [4.69, 9.17) is 16.7 Å². The van der Waals surface area contributed by atoms with Gasteiger partial charge < -0.3 is 10.2 Å². The lowest BCUT2D eigenvalue weighted by molar-refractivity contribution is 0.00679. The third-order valence-corrected chi connectivity index (χ3v) is 3.99. The molecule has 7 nitrogen and oxygen atoms in total. The van der Waals surface area contributed by atoms with Crippen LogP contribution in [0.15, 0.2) is 11.2 Å². The molecule has 0 amide bonds. The van der Waals surface area contributed by atoms with E-state index in [0.29, 0.717) is 0 Å². The first-order valence-corrected chi connectivity index (χ1v) is 6.56. The second-order valence-corrected chi connectivity index (χ2v) is 5.99. The summed E-state index contributed by atoms with van der Waals surface area (Å²) in [6.07, 6.45) is 1.21. The molecule has 0 saturated heterocycles. The van der Waals surface area contributed by atoms with Gasteiger partial charge in [0.2, 0.25) is 0 Å². The van der Waals surface area contributed by atoms with E-state index in [0.717, 1.165) is 4.68 Å². The van der Waals surface area contributed by atoms with Crippen molar-refractivity contribution in [2.75, 3.05) is 13.2 Å². The van der Waals surface area contributed by atoms with Crippen molar-refractivity contribution in [3.8, 4) is 0 Å². The van der Waals surface area contributed by atoms with Crippen LogP contribution in [0, 0.1) is 0 Å². The van der Waals surface area contributed by atoms with E-state index < -0.39 is 22.2 Å². The normalized spacial score (nSPS) is 15.8. The van der Waals surface area contributed by atoms with E-state index in [2.05, 4.69) is 9.82 Å². The molecule has 1 heterocycles. The van der Waals surface area contributed by atoms with Crippen molar-refractivity contribution in [3.05, 3.63) is 11.2 Å². The lowest BCUT2D eigenvalue weighted by Gasteiger charge is -2.20. The number of sulfonamides is 1. The summed E-state index contributed by atoms with van der Waals surface area (Å²) in [7, 11) is -2.44. The molecule has 17 heavy (non-hydrogen) atoms. The van der Waals surface area contributed by atoms with Crippen LogP contribution >= 0.6 is 11.6 Å². The summed E-state index contributed by atoms with van der Waals surface area (Å²) in [5.74, 6) is 0. The second kappa shape index (κ2) is 4.91. The van der Waals surface area contributed by atoms with Gasteiger partial charge in [0, 0.05) is 13.6 Å². The van der Waals surface area contributed by atoms with Crippen molar-refractivity contribution in [1.82, 2.24) is 14.5 Å². The zero-order valence-corrected chi connectivity index (χ0v) is 11.0. The summed E-state index contributed by atoms with van der Waals surface area (Å²) < 4.78 is 27.0. The first-order valence-electron chi connectivity index (χ1n) is 4.70. The standard InChI is InChI=1S/C8H14ClN3O4S/c1-8(14,5-13)4-11-17(15,16)7-6(9)3-10-12(7)2/h3,11,13-14H,4-5H2,1-2H3. The number of nitrogens with zero attached hydrogens (tertiary/aromatic N) is 2. The maximum atomic E-state index is 11.8. The minimum Gasteiger partial charge on any atom is -0.393 e. The van der Waals surface area contributed by atoms with Gasteiger partial charge in [-0.05, 0) is 6.92 Å². The number of aryl methyl sites for hydroxylation is 1. The van der Waals surface area contributed by atoms with Gasteiger partial charge in [0.05, 0.1) is 23.4 Å². The maximum Gasteiger partial charge on any atom is 0.259 e. The molecule has 0 aromatic carbocycles. The van der Waals surface area contributed by atoms with Crippen molar-refractivity contribution in [2.45, 2.75) is 17.6 Å². The van der Waals surface area contributed by atoms with Crippen LogP contribution in [0.5, 0.6) is 0 Å². The fourth-order valence-corrected chi connectivity index (χ4v) is 2.89. The van der Waals surface area contributed by atoms with E-state index in [1.54, 1.807) is 0 Å². The number of aliphatic hydroxyl groups excluding tert-OH is 1. The number of aromatic nitrogens is 2. The van der Waals surface area contributed by atoms with Gasteiger partial charge in [-0.3, -0.25) is 4.68 Å². The molecule has 0 aliphatic carbocycles. The van der Waals surface area contributed by atoms with Gasteiger partial charge in [0.1, 0.15) is 0 Å². The van der Waals surface area contributed by atoms with Crippen molar-refractivity contribution >= 4 is 21.6 Å². The minimum absolute atomic E-state index is 0.0105.